The third kappa shape index (κ3) is 14.1. The van der Waals surface area contributed by atoms with Crippen LogP contribution in [0.4, 0.5) is 0 Å². The van der Waals surface area contributed by atoms with Crippen LogP contribution in [0.3, 0.4) is 0 Å². The Morgan fingerprint density at radius 1 is 0.658 bits per heavy atom. The molecular formula is C32H54O6. The molecule has 218 valence electrons. The van der Waals surface area contributed by atoms with Crippen LogP contribution in [0, 0.1) is 10.8 Å². The molecule has 0 fully saturated rings. The van der Waals surface area contributed by atoms with Crippen LogP contribution in [0.25, 0.3) is 0 Å². The third-order valence-electron chi connectivity index (χ3n) is 6.45. The van der Waals surface area contributed by atoms with Gasteiger partial charge in [0.15, 0.2) is 0 Å². The molecule has 0 N–H and O–H groups in total. The third-order valence-corrected chi connectivity index (χ3v) is 6.45. The lowest BCUT2D eigenvalue weighted by Crippen LogP contribution is -2.13. The van der Waals surface area contributed by atoms with E-state index in [-0.39, 0.29) is 36.2 Å². The van der Waals surface area contributed by atoms with Crippen LogP contribution in [0.1, 0.15) is 156 Å². The first-order valence-electron chi connectivity index (χ1n) is 14.5. The lowest BCUT2D eigenvalue weighted by Gasteiger charge is -2.21. The zero-order valence-electron chi connectivity index (χ0n) is 25.8. The average Bonchev–Trinajstić information content (AvgIpc) is 2.78. The molecule has 0 spiro atoms. The molecule has 0 radical (unpaired) electrons. The van der Waals surface area contributed by atoms with Crippen LogP contribution in [-0.4, -0.2) is 11.9 Å². The van der Waals surface area contributed by atoms with E-state index in [4.69, 9.17) is 19.6 Å². The molecule has 0 unspecified atom stereocenters. The molecule has 0 saturated heterocycles. The zero-order valence-corrected chi connectivity index (χ0v) is 25.8. The predicted molar refractivity (Wildman–Crippen MR) is 153 cm³/mol. The Kier molecular flexibility index (Phi) is 14.2. The largest absolute Gasteiger partial charge is 0.355 e. The van der Waals surface area contributed by atoms with Crippen molar-refractivity contribution in [2.24, 2.45) is 10.8 Å². The van der Waals surface area contributed by atoms with Gasteiger partial charge in [-0.25, -0.2) is 9.59 Å². The molecule has 0 aliphatic rings. The number of carbonyl (C=O) groups excluding carboxylic acids is 2. The molecule has 0 atom stereocenters. The number of hydrogen-bond donors (Lipinski definition) is 0. The van der Waals surface area contributed by atoms with Gasteiger partial charge >= 0.3 is 11.9 Å². The second-order valence-electron chi connectivity index (χ2n) is 13.5. The SMILES string of the molecule is CC(C)c1ccc(OOC(=O)CCCCCC(C)(C)C)c(OOC(=O)CCCCCC(C)(C)C)c1C(C)C. The van der Waals surface area contributed by atoms with Crippen LogP contribution in [0.15, 0.2) is 12.1 Å². The lowest BCUT2D eigenvalue weighted by molar-refractivity contribution is -0.226. The molecule has 38 heavy (non-hydrogen) atoms. The molecule has 0 aliphatic heterocycles. The number of rotatable bonds is 16. The van der Waals surface area contributed by atoms with Crippen molar-refractivity contribution >= 4 is 11.9 Å². The number of unbranched alkanes of at least 4 members (excludes halogenated alkanes) is 4. The normalized spacial score (nSPS) is 12.1. The van der Waals surface area contributed by atoms with Crippen molar-refractivity contribution in [3.8, 4) is 11.5 Å². The summed E-state index contributed by atoms with van der Waals surface area (Å²) in [4.78, 5) is 46.1. The number of carbonyl (C=O) groups is 2. The molecule has 1 aromatic carbocycles. The maximum atomic E-state index is 12.4. The van der Waals surface area contributed by atoms with Crippen LogP contribution in [0.5, 0.6) is 11.5 Å². The van der Waals surface area contributed by atoms with Crippen LogP contribution in [-0.2, 0) is 19.4 Å². The van der Waals surface area contributed by atoms with E-state index >= 15 is 0 Å². The van der Waals surface area contributed by atoms with E-state index in [0.29, 0.717) is 10.8 Å². The molecule has 0 heterocycles. The lowest BCUT2D eigenvalue weighted by atomic mass is 9.89. The van der Waals surface area contributed by atoms with E-state index in [0.717, 1.165) is 62.5 Å². The quantitative estimate of drug-likeness (QED) is 0.119. The van der Waals surface area contributed by atoms with Gasteiger partial charge in [0.25, 0.3) is 0 Å². The van der Waals surface area contributed by atoms with Gasteiger partial charge in [0.2, 0.25) is 11.5 Å². The van der Waals surface area contributed by atoms with Gasteiger partial charge in [-0.05, 0) is 60.0 Å². The minimum absolute atomic E-state index is 0.0700. The van der Waals surface area contributed by atoms with Gasteiger partial charge in [-0.15, -0.1) is 0 Å². The van der Waals surface area contributed by atoms with Crippen molar-refractivity contribution in [2.45, 2.75) is 145 Å². The summed E-state index contributed by atoms with van der Waals surface area (Å²) >= 11 is 0. The van der Waals surface area contributed by atoms with Gasteiger partial charge in [-0.1, -0.05) is 101 Å². The van der Waals surface area contributed by atoms with Gasteiger partial charge in [-0.2, -0.15) is 0 Å². The fraction of sp³-hybridized carbons (Fsp3) is 0.750. The summed E-state index contributed by atoms with van der Waals surface area (Å²) in [6, 6.07) is 3.65. The van der Waals surface area contributed by atoms with Gasteiger partial charge in [0.1, 0.15) is 0 Å². The summed E-state index contributed by atoms with van der Waals surface area (Å²) in [5.41, 5.74) is 2.52. The second-order valence-corrected chi connectivity index (χ2v) is 13.5. The van der Waals surface area contributed by atoms with Crippen LogP contribution in [0.2, 0.25) is 0 Å². The van der Waals surface area contributed by atoms with Crippen molar-refractivity contribution in [1.82, 2.24) is 0 Å². The minimum atomic E-state index is -0.432. The van der Waals surface area contributed by atoms with E-state index < -0.39 is 11.9 Å². The zero-order chi connectivity index (χ0) is 28.9. The fourth-order valence-corrected chi connectivity index (χ4v) is 4.31. The van der Waals surface area contributed by atoms with Crippen molar-refractivity contribution in [2.75, 3.05) is 0 Å². The minimum Gasteiger partial charge on any atom is -0.283 e. The van der Waals surface area contributed by atoms with Crippen LogP contribution >= 0.6 is 0 Å². The Morgan fingerprint density at radius 3 is 1.55 bits per heavy atom. The topological polar surface area (TPSA) is 71.1 Å². The molecule has 0 aromatic heterocycles. The molecule has 0 aliphatic carbocycles. The molecule has 1 rings (SSSR count). The molecule has 0 saturated carbocycles. The maximum absolute atomic E-state index is 12.4. The maximum Gasteiger partial charge on any atom is 0.355 e. The molecule has 6 nitrogen and oxygen atoms in total. The van der Waals surface area contributed by atoms with Crippen molar-refractivity contribution in [3.05, 3.63) is 23.3 Å². The Hall–Kier alpha value is -2.24. The highest BCUT2D eigenvalue weighted by Gasteiger charge is 2.24. The Labute approximate surface area is 232 Å². The standard InChI is InChI=1S/C32H54O6/c1-23(2)25-19-20-26(35-36-27(33)17-13-11-15-21-31(5,6)7)30(29(25)24(3)4)38-37-28(34)18-14-12-16-22-32(8,9)10/h19-20,23-24H,11-18,21-22H2,1-10H3. The average molecular weight is 535 g/mol. The van der Waals surface area contributed by atoms with Gasteiger partial charge in [0, 0.05) is 5.56 Å². The van der Waals surface area contributed by atoms with Gasteiger partial charge in [-0.3, -0.25) is 19.6 Å². The van der Waals surface area contributed by atoms with E-state index in [1.165, 1.54) is 0 Å². The predicted octanol–water partition coefficient (Wildman–Crippen LogP) is 9.60. The molecule has 0 bridgehead atoms. The fourth-order valence-electron chi connectivity index (χ4n) is 4.31. The van der Waals surface area contributed by atoms with Gasteiger partial charge in [0.05, 0.1) is 12.8 Å². The molecule has 1 aromatic rings. The molecule has 0 amide bonds. The van der Waals surface area contributed by atoms with Crippen molar-refractivity contribution in [1.29, 1.82) is 0 Å². The first kappa shape index (κ1) is 33.8. The first-order valence-corrected chi connectivity index (χ1v) is 14.5. The Bertz CT molecular complexity index is 858. The Balaban J connectivity index is 2.79. The summed E-state index contributed by atoms with van der Waals surface area (Å²) in [7, 11) is 0. The van der Waals surface area contributed by atoms with Crippen LogP contribution < -0.4 is 9.78 Å². The highest BCUT2D eigenvalue weighted by Crippen LogP contribution is 2.41. The molecule has 6 heteroatoms. The Morgan fingerprint density at radius 2 is 1.13 bits per heavy atom. The smallest absolute Gasteiger partial charge is 0.283 e. The highest BCUT2D eigenvalue weighted by atomic mass is 17.2. The van der Waals surface area contributed by atoms with E-state index in [9.17, 15) is 9.59 Å². The van der Waals surface area contributed by atoms with E-state index in [2.05, 4.69) is 55.4 Å². The summed E-state index contributed by atoms with van der Waals surface area (Å²) in [6.07, 6.45) is 8.38. The molecular weight excluding hydrogens is 480 g/mol. The summed E-state index contributed by atoms with van der Waals surface area (Å²) in [5, 5.41) is 0. The number of hydrogen-bond acceptors (Lipinski definition) is 6. The first-order chi connectivity index (χ1) is 17.6. The van der Waals surface area contributed by atoms with Crippen molar-refractivity contribution < 1.29 is 29.1 Å². The highest BCUT2D eigenvalue weighted by molar-refractivity contribution is 5.69. The van der Waals surface area contributed by atoms with E-state index in [1.807, 2.05) is 19.9 Å². The number of benzene rings is 1. The van der Waals surface area contributed by atoms with E-state index in [1.54, 1.807) is 6.07 Å². The summed E-state index contributed by atoms with van der Waals surface area (Å²) < 4.78 is 0. The van der Waals surface area contributed by atoms with Gasteiger partial charge < -0.3 is 0 Å². The monoisotopic (exact) mass is 534 g/mol. The summed E-state index contributed by atoms with van der Waals surface area (Å²) in [6.45, 7) is 21.6. The second kappa shape index (κ2) is 16.0. The summed E-state index contributed by atoms with van der Waals surface area (Å²) in [5.74, 6) is -0.0671. The van der Waals surface area contributed by atoms with Crippen molar-refractivity contribution in [3.63, 3.8) is 0 Å².